The van der Waals surface area contributed by atoms with Crippen molar-refractivity contribution in [3.8, 4) is 0 Å². The average Bonchev–Trinajstić information content (AvgIpc) is 3.05. The number of halogens is 2. The van der Waals surface area contributed by atoms with Crippen LogP contribution >= 0.6 is 0 Å². The van der Waals surface area contributed by atoms with Crippen LogP contribution in [0.5, 0.6) is 0 Å². The molecular formula is C24H30F2N2O. The first-order valence-electron chi connectivity index (χ1n) is 10.3. The maximum absolute atomic E-state index is 14.1. The standard InChI is InChI=1S/C24H30F2N2O/c1-17(2)12-28(18(3)29)15-21-14-27(13-20-7-4-5-10-24(20)26)16-23(21)19-8-6-9-22(25)11-19/h4-11,17,21,23H,12-16H2,1-3H3/t21-,23-/m1/s1. The van der Waals surface area contributed by atoms with Crippen molar-refractivity contribution in [2.45, 2.75) is 33.2 Å². The highest BCUT2D eigenvalue weighted by molar-refractivity contribution is 5.73. The molecule has 0 aliphatic carbocycles. The molecule has 3 rings (SSSR count). The minimum absolute atomic E-state index is 0.0595. The van der Waals surface area contributed by atoms with Gasteiger partial charge in [-0.05, 0) is 35.6 Å². The van der Waals surface area contributed by atoms with Crippen LogP contribution in [0.3, 0.4) is 0 Å². The molecule has 1 fully saturated rings. The van der Waals surface area contributed by atoms with Crippen LogP contribution in [0.4, 0.5) is 8.78 Å². The highest BCUT2D eigenvalue weighted by Crippen LogP contribution is 2.34. The van der Waals surface area contributed by atoms with Gasteiger partial charge in [-0.1, -0.05) is 44.2 Å². The van der Waals surface area contributed by atoms with Gasteiger partial charge in [0.05, 0.1) is 0 Å². The summed E-state index contributed by atoms with van der Waals surface area (Å²) in [7, 11) is 0. The second-order valence-corrected chi connectivity index (χ2v) is 8.52. The molecule has 156 valence electrons. The second kappa shape index (κ2) is 9.49. The van der Waals surface area contributed by atoms with E-state index in [2.05, 4.69) is 18.7 Å². The lowest BCUT2D eigenvalue weighted by atomic mass is 9.88. The molecule has 29 heavy (non-hydrogen) atoms. The number of rotatable bonds is 7. The van der Waals surface area contributed by atoms with Crippen LogP contribution in [0, 0.1) is 23.5 Å². The molecule has 5 heteroatoms. The predicted molar refractivity (Wildman–Crippen MR) is 111 cm³/mol. The number of carbonyl (C=O) groups is 1. The van der Waals surface area contributed by atoms with E-state index in [9.17, 15) is 13.6 Å². The number of nitrogens with zero attached hydrogens (tertiary/aromatic N) is 2. The average molecular weight is 401 g/mol. The fourth-order valence-electron chi connectivity index (χ4n) is 4.31. The van der Waals surface area contributed by atoms with Crippen molar-refractivity contribution >= 4 is 5.91 Å². The number of likely N-dealkylation sites (tertiary alicyclic amines) is 1. The first-order valence-corrected chi connectivity index (χ1v) is 10.3. The van der Waals surface area contributed by atoms with Gasteiger partial charge < -0.3 is 4.90 Å². The highest BCUT2D eigenvalue weighted by atomic mass is 19.1. The van der Waals surface area contributed by atoms with E-state index in [-0.39, 0.29) is 29.4 Å². The molecule has 2 aromatic rings. The third-order valence-corrected chi connectivity index (χ3v) is 5.63. The van der Waals surface area contributed by atoms with E-state index in [1.54, 1.807) is 31.2 Å². The fraction of sp³-hybridized carbons (Fsp3) is 0.458. The Morgan fingerprint density at radius 3 is 2.55 bits per heavy atom. The van der Waals surface area contributed by atoms with Crippen LogP contribution in [-0.4, -0.2) is 41.9 Å². The van der Waals surface area contributed by atoms with E-state index < -0.39 is 0 Å². The first kappa shape index (κ1) is 21.4. The van der Waals surface area contributed by atoms with Crippen molar-refractivity contribution in [1.29, 1.82) is 0 Å². The lowest BCUT2D eigenvalue weighted by Crippen LogP contribution is -2.38. The van der Waals surface area contributed by atoms with Gasteiger partial charge in [0.25, 0.3) is 0 Å². The minimum atomic E-state index is -0.251. The molecule has 2 aromatic carbocycles. The van der Waals surface area contributed by atoms with E-state index in [0.717, 1.165) is 18.7 Å². The summed E-state index contributed by atoms with van der Waals surface area (Å²) in [4.78, 5) is 16.3. The molecular weight excluding hydrogens is 370 g/mol. The van der Waals surface area contributed by atoms with Crippen molar-refractivity contribution in [3.05, 3.63) is 71.3 Å². The molecule has 1 aliphatic heterocycles. The zero-order valence-electron chi connectivity index (χ0n) is 17.4. The summed E-state index contributed by atoms with van der Waals surface area (Å²) in [6, 6.07) is 13.5. The highest BCUT2D eigenvalue weighted by Gasteiger charge is 2.35. The Kier molecular flexibility index (Phi) is 7.01. The number of amides is 1. The normalized spacial score (nSPS) is 19.7. The lowest BCUT2D eigenvalue weighted by Gasteiger charge is -2.29. The van der Waals surface area contributed by atoms with Crippen LogP contribution in [-0.2, 0) is 11.3 Å². The van der Waals surface area contributed by atoms with E-state index in [0.29, 0.717) is 31.1 Å². The number of hydrogen-bond acceptors (Lipinski definition) is 2. The largest absolute Gasteiger partial charge is 0.342 e. The van der Waals surface area contributed by atoms with Crippen LogP contribution in [0.25, 0.3) is 0 Å². The van der Waals surface area contributed by atoms with Gasteiger partial charge in [0.15, 0.2) is 0 Å². The topological polar surface area (TPSA) is 23.6 Å². The van der Waals surface area contributed by atoms with Gasteiger partial charge in [-0.3, -0.25) is 9.69 Å². The summed E-state index contributed by atoms with van der Waals surface area (Å²) in [5.41, 5.74) is 1.61. The molecule has 1 amide bonds. The summed E-state index contributed by atoms with van der Waals surface area (Å²) in [6.45, 7) is 9.11. The van der Waals surface area contributed by atoms with Gasteiger partial charge in [0.1, 0.15) is 11.6 Å². The smallest absolute Gasteiger partial charge is 0.219 e. The molecule has 0 saturated carbocycles. The zero-order valence-corrected chi connectivity index (χ0v) is 17.4. The Bertz CT molecular complexity index is 839. The Morgan fingerprint density at radius 1 is 1.14 bits per heavy atom. The van der Waals surface area contributed by atoms with Gasteiger partial charge in [-0.25, -0.2) is 8.78 Å². The lowest BCUT2D eigenvalue weighted by molar-refractivity contribution is -0.130. The molecule has 0 N–H and O–H groups in total. The Balaban J connectivity index is 1.82. The summed E-state index contributed by atoms with van der Waals surface area (Å²) in [5.74, 6) is 0.257. The zero-order chi connectivity index (χ0) is 21.0. The quantitative estimate of drug-likeness (QED) is 0.673. The number of hydrogen-bond donors (Lipinski definition) is 0. The van der Waals surface area contributed by atoms with Gasteiger partial charge in [-0.2, -0.15) is 0 Å². The van der Waals surface area contributed by atoms with Crippen LogP contribution in [0.1, 0.15) is 37.8 Å². The van der Waals surface area contributed by atoms with Crippen molar-refractivity contribution in [1.82, 2.24) is 9.80 Å². The van der Waals surface area contributed by atoms with Crippen LogP contribution in [0.15, 0.2) is 48.5 Å². The van der Waals surface area contributed by atoms with Crippen molar-refractivity contribution in [2.75, 3.05) is 26.2 Å². The molecule has 1 heterocycles. The van der Waals surface area contributed by atoms with E-state index in [4.69, 9.17) is 0 Å². The van der Waals surface area contributed by atoms with Gasteiger partial charge >= 0.3 is 0 Å². The molecule has 0 bridgehead atoms. The van der Waals surface area contributed by atoms with E-state index >= 15 is 0 Å². The van der Waals surface area contributed by atoms with Gasteiger partial charge in [0, 0.05) is 51.1 Å². The Hall–Kier alpha value is -2.27. The van der Waals surface area contributed by atoms with E-state index in [1.165, 1.54) is 12.1 Å². The van der Waals surface area contributed by atoms with Crippen molar-refractivity contribution in [2.24, 2.45) is 11.8 Å². The van der Waals surface area contributed by atoms with Gasteiger partial charge in [-0.15, -0.1) is 0 Å². The fourth-order valence-corrected chi connectivity index (χ4v) is 4.31. The van der Waals surface area contributed by atoms with Crippen LogP contribution < -0.4 is 0 Å². The number of carbonyl (C=O) groups excluding carboxylic acids is 1. The summed E-state index contributed by atoms with van der Waals surface area (Å²) in [5, 5.41) is 0. The molecule has 1 aliphatic rings. The second-order valence-electron chi connectivity index (χ2n) is 8.52. The maximum Gasteiger partial charge on any atom is 0.219 e. The van der Waals surface area contributed by atoms with Gasteiger partial charge in [0.2, 0.25) is 5.91 Å². The molecule has 1 saturated heterocycles. The first-order chi connectivity index (χ1) is 13.8. The molecule has 0 radical (unpaired) electrons. The molecule has 2 atom stereocenters. The number of benzene rings is 2. The van der Waals surface area contributed by atoms with Crippen molar-refractivity contribution < 1.29 is 13.6 Å². The van der Waals surface area contributed by atoms with E-state index in [1.807, 2.05) is 17.0 Å². The minimum Gasteiger partial charge on any atom is -0.342 e. The molecule has 0 spiro atoms. The maximum atomic E-state index is 14.1. The van der Waals surface area contributed by atoms with Crippen LogP contribution in [0.2, 0.25) is 0 Å². The SMILES string of the molecule is CC(=O)N(CC(C)C)C[C@H]1CN(Cc2ccccc2F)C[C@@H]1c1cccc(F)c1. The molecule has 3 nitrogen and oxygen atoms in total. The molecule has 0 unspecified atom stereocenters. The van der Waals surface area contributed by atoms with Crippen molar-refractivity contribution in [3.63, 3.8) is 0 Å². The monoisotopic (exact) mass is 400 g/mol. The predicted octanol–water partition coefficient (Wildman–Crippen LogP) is 4.68. The summed E-state index contributed by atoms with van der Waals surface area (Å²) < 4.78 is 28.0. The Labute approximate surface area is 172 Å². The summed E-state index contributed by atoms with van der Waals surface area (Å²) in [6.07, 6.45) is 0. The summed E-state index contributed by atoms with van der Waals surface area (Å²) >= 11 is 0. The third-order valence-electron chi connectivity index (χ3n) is 5.63. The third kappa shape index (κ3) is 5.63. The molecule has 0 aromatic heterocycles. The Morgan fingerprint density at radius 2 is 1.90 bits per heavy atom.